The molecule has 1 aliphatic rings. The van der Waals surface area contributed by atoms with Gasteiger partial charge in [0.15, 0.2) is 0 Å². The Morgan fingerprint density at radius 2 is 1.62 bits per heavy atom. The molecule has 0 fully saturated rings. The van der Waals surface area contributed by atoms with E-state index in [1.54, 1.807) is 0 Å². The fourth-order valence-electron chi connectivity index (χ4n) is 3.39. The van der Waals surface area contributed by atoms with Gasteiger partial charge in [0.1, 0.15) is 5.75 Å². The summed E-state index contributed by atoms with van der Waals surface area (Å²) < 4.78 is 0. The van der Waals surface area contributed by atoms with Gasteiger partial charge in [-0.05, 0) is 64.6 Å². The minimum absolute atomic E-state index is 0.129. The lowest BCUT2D eigenvalue weighted by atomic mass is 9.62. The van der Waals surface area contributed by atoms with Gasteiger partial charge in [-0.3, -0.25) is 0 Å². The van der Waals surface area contributed by atoms with E-state index in [-0.39, 0.29) is 10.8 Å². The molecule has 0 heterocycles. The SMILES string of the molecule is CC1(C)CCC(C)(C)c2cc(-c3c[c]ccc3)c(O)cc21. The van der Waals surface area contributed by atoms with Crippen molar-refractivity contribution in [3.05, 3.63) is 53.6 Å². The van der Waals surface area contributed by atoms with E-state index in [2.05, 4.69) is 39.8 Å². The summed E-state index contributed by atoms with van der Waals surface area (Å²) in [7, 11) is 0. The maximum atomic E-state index is 10.5. The quantitative estimate of drug-likeness (QED) is 0.760. The van der Waals surface area contributed by atoms with E-state index >= 15 is 0 Å². The lowest BCUT2D eigenvalue weighted by Gasteiger charge is -2.42. The normalized spacial score (nSPS) is 19.0. The molecule has 3 rings (SSSR count). The first-order valence-electron chi connectivity index (χ1n) is 7.66. The first-order valence-corrected chi connectivity index (χ1v) is 7.66. The van der Waals surface area contributed by atoms with Gasteiger partial charge in [0.25, 0.3) is 0 Å². The summed E-state index contributed by atoms with van der Waals surface area (Å²) in [6.07, 6.45) is 2.34. The number of phenolic OH excluding ortho intramolecular Hbond substituents is 1. The Hall–Kier alpha value is -1.76. The van der Waals surface area contributed by atoms with Crippen molar-refractivity contribution in [2.45, 2.75) is 51.4 Å². The van der Waals surface area contributed by atoms with Gasteiger partial charge in [-0.15, -0.1) is 0 Å². The average molecular weight is 279 g/mol. The van der Waals surface area contributed by atoms with Crippen molar-refractivity contribution in [1.29, 1.82) is 0 Å². The van der Waals surface area contributed by atoms with Crippen LogP contribution in [0, 0.1) is 6.07 Å². The molecule has 0 bridgehead atoms. The maximum absolute atomic E-state index is 10.5. The van der Waals surface area contributed by atoms with Gasteiger partial charge in [0, 0.05) is 5.56 Å². The van der Waals surface area contributed by atoms with Crippen molar-refractivity contribution in [3.8, 4) is 16.9 Å². The molecule has 0 aromatic heterocycles. The molecule has 0 amide bonds. The van der Waals surface area contributed by atoms with Crippen LogP contribution in [-0.4, -0.2) is 5.11 Å². The number of benzene rings is 2. The first kappa shape index (κ1) is 14.2. The summed E-state index contributed by atoms with van der Waals surface area (Å²) in [5, 5.41) is 10.5. The molecule has 2 aromatic rings. The highest BCUT2D eigenvalue weighted by atomic mass is 16.3. The van der Waals surface area contributed by atoms with Crippen LogP contribution in [0.1, 0.15) is 51.7 Å². The summed E-state index contributed by atoms with van der Waals surface area (Å²) in [4.78, 5) is 0. The fourth-order valence-corrected chi connectivity index (χ4v) is 3.39. The standard InChI is InChI=1S/C20H23O/c1-19(2)10-11-20(3,4)17-13-18(21)15(12-16(17)19)14-8-6-5-7-9-14/h5-6,8-9,12-13,21H,10-11H2,1-4H3. The molecule has 21 heavy (non-hydrogen) atoms. The fraction of sp³-hybridized carbons (Fsp3) is 0.400. The van der Waals surface area contributed by atoms with E-state index in [4.69, 9.17) is 0 Å². The van der Waals surface area contributed by atoms with Crippen molar-refractivity contribution in [2.75, 3.05) is 0 Å². The lowest BCUT2D eigenvalue weighted by molar-refractivity contribution is 0.330. The van der Waals surface area contributed by atoms with Crippen LogP contribution in [0.25, 0.3) is 11.1 Å². The van der Waals surface area contributed by atoms with Crippen molar-refractivity contribution < 1.29 is 5.11 Å². The Labute approximate surface area is 127 Å². The Morgan fingerprint density at radius 1 is 1.00 bits per heavy atom. The van der Waals surface area contributed by atoms with Crippen LogP contribution in [0.3, 0.4) is 0 Å². The third-order valence-electron chi connectivity index (χ3n) is 4.99. The van der Waals surface area contributed by atoms with Crippen molar-refractivity contribution in [1.82, 2.24) is 0 Å². The van der Waals surface area contributed by atoms with Gasteiger partial charge in [-0.2, -0.15) is 0 Å². The van der Waals surface area contributed by atoms with Gasteiger partial charge in [-0.1, -0.05) is 45.9 Å². The molecule has 1 aliphatic carbocycles. The Morgan fingerprint density at radius 3 is 2.19 bits per heavy atom. The van der Waals surface area contributed by atoms with E-state index in [1.807, 2.05) is 30.3 Å². The third-order valence-corrected chi connectivity index (χ3v) is 4.99. The summed E-state index contributed by atoms with van der Waals surface area (Å²) in [6.45, 7) is 9.16. The average Bonchev–Trinajstić information content (AvgIpc) is 2.45. The topological polar surface area (TPSA) is 20.2 Å². The molecule has 0 saturated carbocycles. The molecular formula is C20H23O. The minimum atomic E-state index is 0.129. The molecule has 1 N–H and O–H groups in total. The zero-order valence-electron chi connectivity index (χ0n) is 13.3. The molecular weight excluding hydrogens is 256 g/mol. The van der Waals surface area contributed by atoms with Crippen LogP contribution in [0.4, 0.5) is 0 Å². The Balaban J connectivity index is 2.24. The van der Waals surface area contributed by atoms with E-state index in [1.165, 1.54) is 17.5 Å². The second-order valence-corrected chi connectivity index (χ2v) is 7.47. The number of fused-ring (bicyclic) bond motifs is 1. The van der Waals surface area contributed by atoms with Gasteiger partial charge in [0.05, 0.1) is 0 Å². The smallest absolute Gasteiger partial charge is 0.123 e. The zero-order chi connectivity index (χ0) is 15.3. The number of rotatable bonds is 1. The van der Waals surface area contributed by atoms with Crippen LogP contribution in [0.5, 0.6) is 5.75 Å². The van der Waals surface area contributed by atoms with Crippen molar-refractivity contribution in [2.24, 2.45) is 0 Å². The van der Waals surface area contributed by atoms with Crippen LogP contribution in [0.15, 0.2) is 36.4 Å². The third kappa shape index (κ3) is 2.35. The predicted octanol–water partition coefficient (Wildman–Crippen LogP) is 5.21. The van der Waals surface area contributed by atoms with Crippen molar-refractivity contribution >= 4 is 0 Å². The van der Waals surface area contributed by atoms with Crippen LogP contribution in [-0.2, 0) is 10.8 Å². The largest absolute Gasteiger partial charge is 0.507 e. The van der Waals surface area contributed by atoms with E-state index < -0.39 is 0 Å². The number of aromatic hydroxyl groups is 1. The zero-order valence-corrected chi connectivity index (χ0v) is 13.3. The first-order chi connectivity index (χ1) is 9.81. The molecule has 0 spiro atoms. The highest BCUT2D eigenvalue weighted by Crippen LogP contribution is 2.48. The summed E-state index contributed by atoms with van der Waals surface area (Å²) in [5.74, 6) is 0.374. The van der Waals surface area contributed by atoms with Gasteiger partial charge >= 0.3 is 0 Å². The molecule has 1 nitrogen and oxygen atoms in total. The summed E-state index contributed by atoms with van der Waals surface area (Å²) >= 11 is 0. The summed E-state index contributed by atoms with van der Waals surface area (Å²) in [6, 6.07) is 15.1. The highest BCUT2D eigenvalue weighted by Gasteiger charge is 2.37. The van der Waals surface area contributed by atoms with Gasteiger partial charge < -0.3 is 5.11 Å². The number of hydrogen-bond acceptors (Lipinski definition) is 1. The molecule has 0 saturated heterocycles. The van der Waals surface area contributed by atoms with Crippen LogP contribution < -0.4 is 0 Å². The lowest BCUT2D eigenvalue weighted by Crippen LogP contribution is -2.33. The number of hydrogen-bond donors (Lipinski definition) is 1. The van der Waals surface area contributed by atoms with E-state index in [0.29, 0.717) is 5.75 Å². The number of phenols is 1. The van der Waals surface area contributed by atoms with Crippen LogP contribution in [0.2, 0.25) is 0 Å². The molecule has 1 radical (unpaired) electrons. The Bertz CT molecular complexity index is 666. The van der Waals surface area contributed by atoms with Gasteiger partial charge in [-0.25, -0.2) is 0 Å². The molecule has 2 aromatic carbocycles. The minimum Gasteiger partial charge on any atom is -0.507 e. The van der Waals surface area contributed by atoms with E-state index in [0.717, 1.165) is 17.5 Å². The van der Waals surface area contributed by atoms with Gasteiger partial charge in [0.2, 0.25) is 0 Å². The Kier molecular flexibility index (Phi) is 3.12. The maximum Gasteiger partial charge on any atom is 0.123 e. The summed E-state index contributed by atoms with van der Waals surface area (Å²) in [5.41, 5.74) is 4.89. The molecule has 1 heteroatoms. The van der Waals surface area contributed by atoms with Crippen molar-refractivity contribution in [3.63, 3.8) is 0 Å². The monoisotopic (exact) mass is 279 g/mol. The second kappa shape index (κ2) is 4.62. The van der Waals surface area contributed by atoms with E-state index in [9.17, 15) is 5.11 Å². The highest BCUT2D eigenvalue weighted by molar-refractivity contribution is 5.72. The molecule has 0 unspecified atom stereocenters. The second-order valence-electron chi connectivity index (χ2n) is 7.47. The molecule has 109 valence electrons. The van der Waals surface area contributed by atoms with Crippen LogP contribution >= 0.6 is 0 Å². The molecule has 0 aliphatic heterocycles. The molecule has 0 atom stereocenters. The predicted molar refractivity (Wildman–Crippen MR) is 87.7 cm³/mol.